The van der Waals surface area contributed by atoms with Crippen LogP contribution in [0.4, 0.5) is 11.4 Å². The first-order chi connectivity index (χ1) is 8.40. The molecule has 98 valence electrons. The lowest BCUT2D eigenvalue weighted by Crippen LogP contribution is -2.30. The van der Waals surface area contributed by atoms with Crippen molar-refractivity contribution < 1.29 is 4.92 Å². The second-order valence-corrected chi connectivity index (χ2v) is 5.84. The Labute approximate surface area is 108 Å². The van der Waals surface area contributed by atoms with Gasteiger partial charge in [0.15, 0.2) is 0 Å². The summed E-state index contributed by atoms with van der Waals surface area (Å²) in [7, 11) is 0. The fraction of sp³-hybridized carbons (Fsp3) is 0.571. The number of aryl methyl sites for hydroxylation is 1. The topological polar surface area (TPSA) is 55.2 Å². The standard InChI is InChI=1S/C14H20N2O2/c1-10-6-7-11(9-12(10)16(17)18)15-13-5-4-8-14(13,2)3/h6-7,9,13,15H,4-5,8H2,1-3H3. The van der Waals surface area contributed by atoms with Crippen LogP contribution in [0.25, 0.3) is 0 Å². The summed E-state index contributed by atoms with van der Waals surface area (Å²) in [5.74, 6) is 0. The molecule has 1 aliphatic carbocycles. The molecule has 1 fully saturated rings. The molecule has 0 aromatic heterocycles. The number of nitrogens with zero attached hydrogens (tertiary/aromatic N) is 1. The Balaban J connectivity index is 2.20. The van der Waals surface area contributed by atoms with Crippen molar-refractivity contribution in [3.63, 3.8) is 0 Å². The van der Waals surface area contributed by atoms with E-state index in [0.717, 1.165) is 12.1 Å². The van der Waals surface area contributed by atoms with Gasteiger partial charge < -0.3 is 5.32 Å². The number of hydrogen-bond acceptors (Lipinski definition) is 3. The van der Waals surface area contributed by atoms with Gasteiger partial charge in [-0.25, -0.2) is 0 Å². The molecule has 0 saturated heterocycles. The molecule has 0 bridgehead atoms. The van der Waals surface area contributed by atoms with Gasteiger partial charge in [-0.05, 0) is 31.2 Å². The Hall–Kier alpha value is -1.58. The predicted octanol–water partition coefficient (Wildman–Crippen LogP) is 3.89. The molecule has 1 aliphatic rings. The Kier molecular flexibility index (Phi) is 3.28. The van der Waals surface area contributed by atoms with Crippen molar-refractivity contribution in [2.75, 3.05) is 5.32 Å². The van der Waals surface area contributed by atoms with E-state index in [2.05, 4.69) is 19.2 Å². The van der Waals surface area contributed by atoms with Crippen LogP contribution in [0, 0.1) is 22.5 Å². The molecule has 4 nitrogen and oxygen atoms in total. The lowest BCUT2D eigenvalue weighted by Gasteiger charge is -2.28. The van der Waals surface area contributed by atoms with Crippen molar-refractivity contribution in [1.82, 2.24) is 0 Å². The maximum Gasteiger partial charge on any atom is 0.274 e. The minimum Gasteiger partial charge on any atom is -0.382 e. The Morgan fingerprint density at radius 3 is 2.72 bits per heavy atom. The molecular formula is C14H20N2O2. The summed E-state index contributed by atoms with van der Waals surface area (Å²) in [6, 6.07) is 5.78. The molecule has 1 N–H and O–H groups in total. The lowest BCUT2D eigenvalue weighted by atomic mass is 9.87. The smallest absolute Gasteiger partial charge is 0.274 e. The molecule has 0 aliphatic heterocycles. The molecule has 0 radical (unpaired) electrons. The van der Waals surface area contributed by atoms with Gasteiger partial charge in [0.25, 0.3) is 5.69 Å². The van der Waals surface area contributed by atoms with Crippen LogP contribution in [-0.4, -0.2) is 11.0 Å². The van der Waals surface area contributed by atoms with Crippen LogP contribution < -0.4 is 5.32 Å². The van der Waals surface area contributed by atoms with Crippen molar-refractivity contribution in [3.05, 3.63) is 33.9 Å². The highest BCUT2D eigenvalue weighted by Crippen LogP contribution is 2.39. The van der Waals surface area contributed by atoms with E-state index in [1.165, 1.54) is 12.8 Å². The van der Waals surface area contributed by atoms with Crippen molar-refractivity contribution in [2.24, 2.45) is 5.41 Å². The van der Waals surface area contributed by atoms with E-state index in [0.29, 0.717) is 11.6 Å². The molecule has 0 spiro atoms. The average Bonchev–Trinajstić information content (AvgIpc) is 2.60. The second-order valence-electron chi connectivity index (χ2n) is 5.84. The number of hydrogen-bond donors (Lipinski definition) is 1. The third-order valence-corrected chi connectivity index (χ3v) is 4.00. The van der Waals surface area contributed by atoms with Gasteiger partial charge in [-0.15, -0.1) is 0 Å². The molecule has 2 rings (SSSR count). The van der Waals surface area contributed by atoms with E-state index >= 15 is 0 Å². The first-order valence-electron chi connectivity index (χ1n) is 6.42. The number of rotatable bonds is 3. The summed E-state index contributed by atoms with van der Waals surface area (Å²) in [5, 5.41) is 14.4. The molecule has 1 unspecified atom stereocenters. The molecule has 1 atom stereocenters. The van der Waals surface area contributed by atoms with Crippen LogP contribution >= 0.6 is 0 Å². The lowest BCUT2D eigenvalue weighted by molar-refractivity contribution is -0.385. The van der Waals surface area contributed by atoms with Crippen LogP contribution in [0.2, 0.25) is 0 Å². The van der Waals surface area contributed by atoms with E-state index in [1.54, 1.807) is 13.0 Å². The van der Waals surface area contributed by atoms with Gasteiger partial charge in [0, 0.05) is 23.4 Å². The van der Waals surface area contributed by atoms with Crippen LogP contribution in [0.3, 0.4) is 0 Å². The highest BCUT2D eigenvalue weighted by atomic mass is 16.6. The molecule has 1 aromatic rings. The molecule has 1 saturated carbocycles. The largest absolute Gasteiger partial charge is 0.382 e. The van der Waals surface area contributed by atoms with Gasteiger partial charge >= 0.3 is 0 Å². The summed E-state index contributed by atoms with van der Waals surface area (Å²) < 4.78 is 0. The second kappa shape index (κ2) is 4.59. The maximum atomic E-state index is 10.9. The number of nitrogens with one attached hydrogen (secondary N) is 1. The summed E-state index contributed by atoms with van der Waals surface area (Å²) >= 11 is 0. The van der Waals surface area contributed by atoms with Crippen LogP contribution in [0.1, 0.15) is 38.7 Å². The number of nitro groups is 1. The fourth-order valence-electron chi connectivity index (χ4n) is 2.69. The molecular weight excluding hydrogens is 228 g/mol. The summed E-state index contributed by atoms with van der Waals surface area (Å²) in [5.41, 5.74) is 2.01. The van der Waals surface area contributed by atoms with Crippen LogP contribution in [-0.2, 0) is 0 Å². The van der Waals surface area contributed by atoms with Gasteiger partial charge in [-0.3, -0.25) is 10.1 Å². The zero-order valence-electron chi connectivity index (χ0n) is 11.2. The third kappa shape index (κ3) is 2.47. The van der Waals surface area contributed by atoms with E-state index in [1.807, 2.05) is 12.1 Å². The van der Waals surface area contributed by atoms with Gasteiger partial charge in [-0.2, -0.15) is 0 Å². The van der Waals surface area contributed by atoms with Crippen LogP contribution in [0.5, 0.6) is 0 Å². The quantitative estimate of drug-likeness (QED) is 0.652. The molecule has 18 heavy (non-hydrogen) atoms. The molecule has 4 heteroatoms. The zero-order chi connectivity index (χ0) is 13.3. The molecule has 0 amide bonds. The van der Waals surface area contributed by atoms with Crippen molar-refractivity contribution in [3.8, 4) is 0 Å². The first kappa shape index (κ1) is 12.9. The highest BCUT2D eigenvalue weighted by molar-refractivity contribution is 5.55. The Morgan fingerprint density at radius 1 is 1.44 bits per heavy atom. The van der Waals surface area contributed by atoms with Gasteiger partial charge in [0.2, 0.25) is 0 Å². The molecule has 0 heterocycles. The van der Waals surface area contributed by atoms with Crippen LogP contribution in [0.15, 0.2) is 18.2 Å². The highest BCUT2D eigenvalue weighted by Gasteiger charge is 2.34. The van der Waals surface area contributed by atoms with E-state index in [-0.39, 0.29) is 16.0 Å². The van der Waals surface area contributed by atoms with Gasteiger partial charge in [0.1, 0.15) is 0 Å². The van der Waals surface area contributed by atoms with E-state index < -0.39 is 0 Å². The maximum absolute atomic E-state index is 10.9. The summed E-state index contributed by atoms with van der Waals surface area (Å²) in [6.45, 7) is 6.27. The predicted molar refractivity (Wildman–Crippen MR) is 72.9 cm³/mol. The third-order valence-electron chi connectivity index (χ3n) is 4.00. The van der Waals surface area contributed by atoms with Crippen molar-refractivity contribution in [1.29, 1.82) is 0 Å². The van der Waals surface area contributed by atoms with Crippen molar-refractivity contribution in [2.45, 2.75) is 46.1 Å². The monoisotopic (exact) mass is 248 g/mol. The zero-order valence-corrected chi connectivity index (χ0v) is 11.2. The van der Waals surface area contributed by atoms with Crippen molar-refractivity contribution >= 4 is 11.4 Å². The SMILES string of the molecule is Cc1ccc(NC2CCCC2(C)C)cc1[N+](=O)[O-]. The number of benzene rings is 1. The van der Waals surface area contributed by atoms with E-state index in [9.17, 15) is 10.1 Å². The average molecular weight is 248 g/mol. The number of nitro benzene ring substituents is 1. The minimum absolute atomic E-state index is 0.191. The number of anilines is 1. The van der Waals surface area contributed by atoms with E-state index in [4.69, 9.17) is 0 Å². The van der Waals surface area contributed by atoms with Gasteiger partial charge in [-0.1, -0.05) is 26.3 Å². The Bertz CT molecular complexity index is 469. The van der Waals surface area contributed by atoms with Gasteiger partial charge in [0.05, 0.1) is 4.92 Å². The summed E-state index contributed by atoms with van der Waals surface area (Å²) in [6.07, 6.45) is 3.56. The molecule has 1 aromatic carbocycles. The Morgan fingerprint density at radius 2 is 2.17 bits per heavy atom. The first-order valence-corrected chi connectivity index (χ1v) is 6.42. The minimum atomic E-state index is -0.319. The normalized spacial score (nSPS) is 21.8. The fourth-order valence-corrected chi connectivity index (χ4v) is 2.69. The summed E-state index contributed by atoms with van der Waals surface area (Å²) in [4.78, 5) is 10.6.